The molecule has 10 heteroatoms. The third kappa shape index (κ3) is 9.09. The van der Waals surface area contributed by atoms with Gasteiger partial charge in [-0.1, -0.05) is 78.9 Å². The van der Waals surface area contributed by atoms with Crippen molar-refractivity contribution >= 4 is 29.7 Å². The van der Waals surface area contributed by atoms with Crippen LogP contribution in [0.15, 0.2) is 78.9 Å². The summed E-state index contributed by atoms with van der Waals surface area (Å²) in [6.07, 6.45) is -1.07. The van der Waals surface area contributed by atoms with Crippen LogP contribution in [0.4, 0.5) is 0 Å². The predicted molar refractivity (Wildman–Crippen MR) is 148 cm³/mol. The second kappa shape index (κ2) is 14.2. The Hall–Kier alpha value is -4.99. The molecule has 0 aliphatic carbocycles. The summed E-state index contributed by atoms with van der Waals surface area (Å²) in [5.41, 5.74) is 10.4. The van der Waals surface area contributed by atoms with E-state index in [-0.39, 0.29) is 12.8 Å². The van der Waals surface area contributed by atoms with Gasteiger partial charge in [0.1, 0.15) is 12.1 Å². The SMILES string of the molecule is NC(=O)C(CCC(=O)O)NC(=O)C(CC(=O)O)NC(=O)CCc1ccc(-c2ccc(-c3ccccc3)cc2)cc1. The number of carbonyl (C=O) groups is 5. The first kappa shape index (κ1) is 29.6. The van der Waals surface area contributed by atoms with Crippen molar-refractivity contribution in [3.63, 3.8) is 0 Å². The van der Waals surface area contributed by atoms with Crippen molar-refractivity contribution in [2.75, 3.05) is 0 Å². The first-order valence-electron chi connectivity index (χ1n) is 12.7. The second-order valence-electron chi connectivity index (χ2n) is 9.25. The highest BCUT2D eigenvalue weighted by Crippen LogP contribution is 2.25. The highest BCUT2D eigenvalue weighted by molar-refractivity contribution is 5.93. The van der Waals surface area contributed by atoms with Crippen LogP contribution in [0.25, 0.3) is 22.3 Å². The molecule has 208 valence electrons. The van der Waals surface area contributed by atoms with Crippen LogP contribution in [0, 0.1) is 0 Å². The third-order valence-electron chi connectivity index (χ3n) is 6.26. The van der Waals surface area contributed by atoms with Crippen LogP contribution in [0.1, 0.15) is 31.2 Å². The topological polar surface area (TPSA) is 176 Å². The number of hydrogen-bond donors (Lipinski definition) is 5. The molecule has 0 saturated carbocycles. The number of carbonyl (C=O) groups excluding carboxylic acids is 3. The van der Waals surface area contributed by atoms with Crippen LogP contribution in [-0.2, 0) is 30.4 Å². The highest BCUT2D eigenvalue weighted by atomic mass is 16.4. The number of aliphatic carboxylic acids is 2. The largest absolute Gasteiger partial charge is 0.481 e. The summed E-state index contributed by atoms with van der Waals surface area (Å²) >= 11 is 0. The molecule has 0 saturated heterocycles. The van der Waals surface area contributed by atoms with Gasteiger partial charge in [-0.2, -0.15) is 0 Å². The molecule has 3 aromatic carbocycles. The summed E-state index contributed by atoms with van der Waals surface area (Å²) < 4.78 is 0. The average Bonchev–Trinajstić information content (AvgIpc) is 2.94. The number of carboxylic acid groups (broad SMARTS) is 2. The molecule has 0 aliphatic heterocycles. The Morgan fingerprint density at radius 2 is 1.18 bits per heavy atom. The van der Waals surface area contributed by atoms with Gasteiger partial charge in [-0.15, -0.1) is 0 Å². The van der Waals surface area contributed by atoms with E-state index in [9.17, 15) is 24.0 Å². The lowest BCUT2D eigenvalue weighted by Crippen LogP contribution is -2.53. The molecule has 0 radical (unpaired) electrons. The van der Waals surface area contributed by atoms with Gasteiger partial charge in [0.2, 0.25) is 17.7 Å². The molecule has 2 unspecified atom stereocenters. The van der Waals surface area contributed by atoms with Crippen LogP contribution in [0.3, 0.4) is 0 Å². The van der Waals surface area contributed by atoms with Crippen molar-refractivity contribution in [1.82, 2.24) is 10.6 Å². The van der Waals surface area contributed by atoms with Gasteiger partial charge < -0.3 is 26.6 Å². The molecule has 3 aromatic rings. The smallest absolute Gasteiger partial charge is 0.305 e. The minimum absolute atomic E-state index is 0.00716. The van der Waals surface area contributed by atoms with Gasteiger partial charge in [-0.05, 0) is 40.7 Å². The Morgan fingerprint density at radius 3 is 1.68 bits per heavy atom. The van der Waals surface area contributed by atoms with Gasteiger partial charge in [0.05, 0.1) is 6.42 Å². The molecule has 0 fully saturated rings. The number of carboxylic acids is 2. The Balaban J connectivity index is 1.56. The normalized spacial score (nSPS) is 12.1. The van der Waals surface area contributed by atoms with E-state index in [0.717, 1.165) is 27.8 Å². The maximum Gasteiger partial charge on any atom is 0.305 e. The molecule has 0 aromatic heterocycles. The van der Waals surface area contributed by atoms with Crippen LogP contribution in [0.2, 0.25) is 0 Å². The summed E-state index contributed by atoms with van der Waals surface area (Å²) in [7, 11) is 0. The first-order chi connectivity index (χ1) is 19.1. The summed E-state index contributed by atoms with van der Waals surface area (Å²) in [4.78, 5) is 58.7. The van der Waals surface area contributed by atoms with E-state index < -0.39 is 54.6 Å². The maximum atomic E-state index is 12.6. The van der Waals surface area contributed by atoms with Gasteiger partial charge in [0.25, 0.3) is 0 Å². The number of hydrogen-bond acceptors (Lipinski definition) is 5. The fourth-order valence-corrected chi connectivity index (χ4v) is 4.08. The first-order valence-corrected chi connectivity index (χ1v) is 12.7. The molecule has 0 aliphatic rings. The molecule has 0 spiro atoms. The number of aryl methyl sites for hydroxylation is 1. The summed E-state index contributed by atoms with van der Waals surface area (Å²) in [6, 6.07) is 23.2. The fourth-order valence-electron chi connectivity index (χ4n) is 4.08. The monoisotopic (exact) mass is 545 g/mol. The molecule has 40 heavy (non-hydrogen) atoms. The van der Waals surface area contributed by atoms with Crippen molar-refractivity contribution in [2.24, 2.45) is 5.73 Å². The van der Waals surface area contributed by atoms with E-state index in [0.29, 0.717) is 6.42 Å². The van der Waals surface area contributed by atoms with E-state index in [2.05, 4.69) is 34.9 Å². The van der Waals surface area contributed by atoms with Gasteiger partial charge in [0, 0.05) is 12.8 Å². The molecule has 0 bridgehead atoms. The number of benzene rings is 3. The zero-order valence-corrected chi connectivity index (χ0v) is 21.7. The van der Waals surface area contributed by atoms with Gasteiger partial charge >= 0.3 is 11.9 Å². The molecular weight excluding hydrogens is 514 g/mol. The standard InChI is InChI=1S/C30H31N3O7/c31-29(39)24(15-17-27(35)36)33-30(40)25(18-28(37)38)32-26(34)16-8-19-6-9-21(10-7-19)23-13-11-22(12-14-23)20-4-2-1-3-5-20/h1-7,9-14,24-25H,8,15-18H2,(H2,31,39)(H,32,34)(H,33,40)(H,35,36)(H,37,38). The molecule has 10 nitrogen and oxygen atoms in total. The van der Waals surface area contributed by atoms with Gasteiger partial charge in [0.15, 0.2) is 0 Å². The number of nitrogens with two attached hydrogens (primary N) is 1. The quantitative estimate of drug-likeness (QED) is 0.207. The zero-order chi connectivity index (χ0) is 29.1. The Kier molecular flexibility index (Phi) is 10.5. The van der Waals surface area contributed by atoms with Crippen molar-refractivity contribution < 1.29 is 34.2 Å². The predicted octanol–water partition coefficient (Wildman–Crippen LogP) is 2.75. The van der Waals surface area contributed by atoms with Crippen molar-refractivity contribution in [3.05, 3.63) is 84.4 Å². The number of primary amides is 1. The van der Waals surface area contributed by atoms with Crippen molar-refractivity contribution in [1.29, 1.82) is 0 Å². The fraction of sp³-hybridized carbons (Fsp3) is 0.233. The second-order valence-corrected chi connectivity index (χ2v) is 9.25. The van der Waals surface area contributed by atoms with Crippen LogP contribution in [-0.4, -0.2) is 52.0 Å². The van der Waals surface area contributed by atoms with Gasteiger partial charge in [-0.3, -0.25) is 24.0 Å². The minimum atomic E-state index is -1.46. The lowest BCUT2D eigenvalue weighted by molar-refractivity contribution is -0.141. The Bertz CT molecular complexity index is 1340. The van der Waals surface area contributed by atoms with Crippen LogP contribution >= 0.6 is 0 Å². The highest BCUT2D eigenvalue weighted by Gasteiger charge is 2.27. The van der Waals surface area contributed by atoms with Crippen molar-refractivity contribution in [2.45, 2.75) is 44.2 Å². The van der Waals surface area contributed by atoms with E-state index in [1.165, 1.54) is 0 Å². The van der Waals surface area contributed by atoms with Crippen molar-refractivity contribution in [3.8, 4) is 22.3 Å². The average molecular weight is 546 g/mol. The van der Waals surface area contributed by atoms with Crippen LogP contribution < -0.4 is 16.4 Å². The third-order valence-corrected chi connectivity index (χ3v) is 6.26. The van der Waals surface area contributed by atoms with Gasteiger partial charge in [-0.25, -0.2) is 0 Å². The summed E-state index contributed by atoms with van der Waals surface area (Å²) in [5.74, 6) is -4.99. The molecule has 2 atom stereocenters. The number of rotatable bonds is 14. The van der Waals surface area contributed by atoms with E-state index in [1.54, 1.807) is 0 Å². The van der Waals surface area contributed by atoms with E-state index >= 15 is 0 Å². The van der Waals surface area contributed by atoms with Crippen LogP contribution in [0.5, 0.6) is 0 Å². The lowest BCUT2D eigenvalue weighted by atomic mass is 9.99. The molecule has 0 heterocycles. The minimum Gasteiger partial charge on any atom is -0.481 e. The Morgan fingerprint density at radius 1 is 0.650 bits per heavy atom. The molecule has 3 amide bonds. The molecule has 3 rings (SSSR count). The summed E-state index contributed by atoms with van der Waals surface area (Å²) in [5, 5.41) is 22.6. The number of amides is 3. The summed E-state index contributed by atoms with van der Waals surface area (Å²) in [6.45, 7) is 0. The Labute approximate surface area is 231 Å². The molecular formula is C30H31N3O7. The molecule has 6 N–H and O–H groups in total. The maximum absolute atomic E-state index is 12.6. The lowest BCUT2D eigenvalue weighted by Gasteiger charge is -2.20. The van der Waals surface area contributed by atoms with E-state index in [4.69, 9.17) is 15.9 Å². The zero-order valence-electron chi connectivity index (χ0n) is 21.7. The number of nitrogens with one attached hydrogen (secondary N) is 2. The van der Waals surface area contributed by atoms with E-state index in [1.807, 2.05) is 54.6 Å².